The van der Waals surface area contributed by atoms with Crippen LogP contribution in [0.1, 0.15) is 49.0 Å². The summed E-state index contributed by atoms with van der Waals surface area (Å²) >= 11 is 3.41. The number of anilines is 2. The van der Waals surface area contributed by atoms with E-state index in [0.29, 0.717) is 11.5 Å². The minimum Gasteiger partial charge on any atom is -0.348 e. The maximum Gasteiger partial charge on any atom is 0.270 e. The fourth-order valence-corrected chi connectivity index (χ4v) is 3.18. The van der Waals surface area contributed by atoms with Crippen molar-refractivity contribution in [1.29, 1.82) is 0 Å². The van der Waals surface area contributed by atoms with Gasteiger partial charge in [0, 0.05) is 22.3 Å². The highest BCUT2D eigenvalue weighted by atomic mass is 79.9. The van der Waals surface area contributed by atoms with Crippen LogP contribution in [0.2, 0.25) is 0 Å². The second-order valence-electron chi connectivity index (χ2n) is 6.08. The van der Waals surface area contributed by atoms with Crippen LogP contribution in [0.3, 0.4) is 0 Å². The number of rotatable bonds is 4. The van der Waals surface area contributed by atoms with Crippen molar-refractivity contribution in [1.82, 2.24) is 15.3 Å². The molecule has 1 aliphatic carbocycles. The first-order valence-corrected chi connectivity index (χ1v) is 9.15. The summed E-state index contributed by atoms with van der Waals surface area (Å²) in [6.07, 6.45) is 8.43. The van der Waals surface area contributed by atoms with Gasteiger partial charge in [0.25, 0.3) is 5.91 Å². The maximum atomic E-state index is 12.4. The van der Waals surface area contributed by atoms with Gasteiger partial charge in [0.05, 0.1) is 0 Å². The topological polar surface area (TPSA) is 66.9 Å². The molecule has 1 saturated carbocycles. The number of halogens is 1. The third kappa shape index (κ3) is 4.77. The number of aromatic nitrogens is 2. The van der Waals surface area contributed by atoms with E-state index in [9.17, 15) is 4.79 Å². The maximum absolute atomic E-state index is 12.4. The van der Waals surface area contributed by atoms with E-state index in [0.717, 1.165) is 23.0 Å². The van der Waals surface area contributed by atoms with E-state index in [-0.39, 0.29) is 11.9 Å². The minimum atomic E-state index is -0.122. The van der Waals surface area contributed by atoms with Crippen molar-refractivity contribution in [2.75, 3.05) is 5.32 Å². The molecule has 1 aromatic carbocycles. The highest BCUT2D eigenvalue weighted by Crippen LogP contribution is 2.19. The van der Waals surface area contributed by atoms with Gasteiger partial charge in [-0.15, -0.1) is 0 Å². The van der Waals surface area contributed by atoms with Gasteiger partial charge in [-0.2, -0.15) is 0 Å². The fourth-order valence-electron chi connectivity index (χ4n) is 2.91. The molecule has 0 saturated heterocycles. The van der Waals surface area contributed by atoms with Gasteiger partial charge in [0.2, 0.25) is 0 Å². The highest BCUT2D eigenvalue weighted by molar-refractivity contribution is 9.10. The Hall–Kier alpha value is -1.95. The Kier molecular flexibility index (Phi) is 5.80. The first-order chi connectivity index (χ1) is 11.7. The molecular formula is C18H21BrN4O. The second-order valence-corrected chi connectivity index (χ2v) is 7.00. The predicted octanol–water partition coefficient (Wildman–Crippen LogP) is 4.44. The van der Waals surface area contributed by atoms with Crippen LogP contribution >= 0.6 is 15.9 Å². The van der Waals surface area contributed by atoms with Crippen LogP contribution in [0.4, 0.5) is 11.5 Å². The van der Waals surface area contributed by atoms with Crippen molar-refractivity contribution in [2.45, 2.75) is 44.6 Å². The number of carbonyl (C=O) groups excluding carboxylic acids is 1. The number of hydrogen-bond donors (Lipinski definition) is 2. The van der Waals surface area contributed by atoms with Gasteiger partial charge in [-0.25, -0.2) is 9.97 Å². The van der Waals surface area contributed by atoms with Gasteiger partial charge in [-0.1, -0.05) is 41.6 Å². The molecule has 24 heavy (non-hydrogen) atoms. The number of carbonyl (C=O) groups is 1. The van der Waals surface area contributed by atoms with Crippen LogP contribution in [0.5, 0.6) is 0 Å². The van der Waals surface area contributed by atoms with E-state index in [2.05, 4.69) is 36.5 Å². The van der Waals surface area contributed by atoms with E-state index in [1.165, 1.54) is 32.0 Å². The number of nitrogens with one attached hydrogen (secondary N) is 2. The summed E-state index contributed by atoms with van der Waals surface area (Å²) in [5, 5.41) is 6.30. The summed E-state index contributed by atoms with van der Waals surface area (Å²) in [7, 11) is 0. The number of benzene rings is 1. The lowest BCUT2D eigenvalue weighted by Gasteiger charge is -2.16. The predicted molar refractivity (Wildman–Crippen MR) is 98.4 cm³/mol. The molecule has 2 N–H and O–H groups in total. The number of amides is 1. The van der Waals surface area contributed by atoms with E-state index in [1.807, 2.05) is 24.3 Å². The zero-order valence-electron chi connectivity index (χ0n) is 13.5. The van der Waals surface area contributed by atoms with Crippen LogP contribution in [-0.2, 0) is 0 Å². The fraction of sp³-hybridized carbons (Fsp3) is 0.389. The molecule has 1 aromatic heterocycles. The Balaban J connectivity index is 1.65. The van der Waals surface area contributed by atoms with Gasteiger partial charge in [0.1, 0.15) is 17.8 Å². The SMILES string of the molecule is O=C(NC1CCCCCC1)c1cc(Nc2ccc(Br)cc2)ncn1. The van der Waals surface area contributed by atoms with Crippen LogP contribution in [-0.4, -0.2) is 21.9 Å². The lowest BCUT2D eigenvalue weighted by Crippen LogP contribution is -2.34. The summed E-state index contributed by atoms with van der Waals surface area (Å²) in [4.78, 5) is 20.7. The molecule has 0 bridgehead atoms. The van der Waals surface area contributed by atoms with Gasteiger partial charge < -0.3 is 10.6 Å². The van der Waals surface area contributed by atoms with E-state index >= 15 is 0 Å². The van der Waals surface area contributed by atoms with Crippen LogP contribution in [0, 0.1) is 0 Å². The molecule has 1 aliphatic rings. The molecule has 6 heteroatoms. The van der Waals surface area contributed by atoms with Crippen molar-refractivity contribution >= 4 is 33.3 Å². The van der Waals surface area contributed by atoms with Crippen LogP contribution in [0.15, 0.2) is 41.1 Å². The normalized spacial score (nSPS) is 15.5. The molecule has 1 fully saturated rings. The molecule has 1 amide bonds. The van der Waals surface area contributed by atoms with Gasteiger partial charge in [0.15, 0.2) is 0 Å². The Bertz CT molecular complexity index is 682. The summed E-state index contributed by atoms with van der Waals surface area (Å²) in [6, 6.07) is 9.73. The third-order valence-electron chi connectivity index (χ3n) is 4.21. The average molecular weight is 389 g/mol. The van der Waals surface area contributed by atoms with Crippen molar-refractivity contribution in [3.05, 3.63) is 46.8 Å². The van der Waals surface area contributed by atoms with E-state index in [4.69, 9.17) is 0 Å². The Morgan fingerprint density at radius 3 is 2.46 bits per heavy atom. The molecule has 126 valence electrons. The highest BCUT2D eigenvalue weighted by Gasteiger charge is 2.17. The Labute approximate surface area is 150 Å². The van der Waals surface area contributed by atoms with Gasteiger partial charge in [-0.05, 0) is 37.1 Å². The van der Waals surface area contributed by atoms with Crippen LogP contribution in [0.25, 0.3) is 0 Å². The molecular weight excluding hydrogens is 368 g/mol. The lowest BCUT2D eigenvalue weighted by atomic mass is 10.1. The quantitative estimate of drug-likeness (QED) is 0.759. The van der Waals surface area contributed by atoms with Crippen molar-refractivity contribution in [3.63, 3.8) is 0 Å². The molecule has 3 rings (SSSR count). The smallest absolute Gasteiger partial charge is 0.270 e. The molecule has 0 atom stereocenters. The molecule has 1 heterocycles. The van der Waals surface area contributed by atoms with E-state index < -0.39 is 0 Å². The van der Waals surface area contributed by atoms with Gasteiger partial charge in [-0.3, -0.25) is 4.79 Å². The largest absolute Gasteiger partial charge is 0.348 e. The second kappa shape index (κ2) is 8.24. The van der Waals surface area contributed by atoms with Crippen LogP contribution < -0.4 is 10.6 Å². The molecule has 0 unspecified atom stereocenters. The molecule has 0 spiro atoms. The summed E-state index contributed by atoms with van der Waals surface area (Å²) < 4.78 is 1.01. The standard InChI is InChI=1S/C18H21BrN4O/c19-13-7-9-15(10-8-13)22-17-11-16(20-12-21-17)18(24)23-14-5-3-1-2-4-6-14/h7-12,14H,1-6H2,(H,23,24)(H,20,21,22). The number of nitrogens with zero attached hydrogens (tertiary/aromatic N) is 2. The average Bonchev–Trinajstić information content (AvgIpc) is 2.86. The zero-order valence-corrected chi connectivity index (χ0v) is 15.1. The minimum absolute atomic E-state index is 0.122. The molecule has 2 aromatic rings. The first kappa shape index (κ1) is 16.9. The lowest BCUT2D eigenvalue weighted by molar-refractivity contribution is 0.0928. The van der Waals surface area contributed by atoms with Crippen molar-refractivity contribution in [2.24, 2.45) is 0 Å². The third-order valence-corrected chi connectivity index (χ3v) is 4.74. The van der Waals surface area contributed by atoms with E-state index in [1.54, 1.807) is 6.07 Å². The van der Waals surface area contributed by atoms with Crippen molar-refractivity contribution in [3.8, 4) is 0 Å². The first-order valence-electron chi connectivity index (χ1n) is 8.36. The van der Waals surface area contributed by atoms with Crippen molar-refractivity contribution < 1.29 is 4.79 Å². The summed E-state index contributed by atoms with van der Waals surface area (Å²) in [6.45, 7) is 0. The Morgan fingerprint density at radius 2 is 1.75 bits per heavy atom. The monoisotopic (exact) mass is 388 g/mol. The molecule has 0 aliphatic heterocycles. The Morgan fingerprint density at radius 1 is 1.04 bits per heavy atom. The summed E-state index contributed by atoms with van der Waals surface area (Å²) in [5.74, 6) is 0.487. The van der Waals surface area contributed by atoms with Gasteiger partial charge >= 0.3 is 0 Å². The zero-order chi connectivity index (χ0) is 16.8. The number of hydrogen-bond acceptors (Lipinski definition) is 4. The molecule has 5 nitrogen and oxygen atoms in total. The summed E-state index contributed by atoms with van der Waals surface area (Å²) in [5.41, 5.74) is 1.31. The molecule has 0 radical (unpaired) electrons.